The Morgan fingerprint density at radius 3 is 2.45 bits per heavy atom. The van der Waals surface area contributed by atoms with Gasteiger partial charge in [0.15, 0.2) is 0 Å². The predicted molar refractivity (Wildman–Crippen MR) is 56.7 cm³/mol. The highest BCUT2D eigenvalue weighted by atomic mass is 31.1. The average Bonchev–Trinajstić information content (AvgIpc) is 1.99. The normalized spacial score (nSPS) is 13.8. The molecule has 0 heterocycles. The summed E-state index contributed by atoms with van der Waals surface area (Å²) >= 11 is 0. The van der Waals surface area contributed by atoms with Crippen molar-refractivity contribution < 1.29 is 0 Å². The summed E-state index contributed by atoms with van der Waals surface area (Å²) in [4.78, 5) is 0. The van der Waals surface area contributed by atoms with Gasteiger partial charge < -0.3 is 0 Å². The first kappa shape index (κ1) is 11.2. The second kappa shape index (κ2) is 5.77. The molecule has 0 nitrogen and oxygen atoms in total. The number of rotatable bonds is 5. The average molecular weight is 172 g/mol. The molecule has 0 aliphatic carbocycles. The van der Waals surface area contributed by atoms with Gasteiger partial charge in [-0.25, -0.2) is 0 Å². The molecule has 11 heavy (non-hydrogen) atoms. The summed E-state index contributed by atoms with van der Waals surface area (Å²) in [6.45, 7) is 9.08. The minimum Gasteiger partial charge on any atom is -0.0987 e. The van der Waals surface area contributed by atoms with Crippen LogP contribution in [0, 0.1) is 5.41 Å². The smallest absolute Gasteiger partial charge is 0.0314 e. The van der Waals surface area contributed by atoms with E-state index in [0.29, 0.717) is 5.41 Å². The molecule has 1 atom stereocenters. The topological polar surface area (TPSA) is 0 Å². The van der Waals surface area contributed by atoms with E-state index < -0.39 is 0 Å². The molecule has 0 saturated heterocycles. The summed E-state index contributed by atoms with van der Waals surface area (Å²) in [6.07, 6.45) is 6.18. The molecule has 0 N–H and O–H groups in total. The van der Waals surface area contributed by atoms with Crippen LogP contribution in [0.5, 0.6) is 0 Å². The molecule has 0 amide bonds. The Hall–Kier alpha value is 0.170. The Morgan fingerprint density at radius 2 is 2.00 bits per heavy atom. The van der Waals surface area contributed by atoms with E-state index in [1.165, 1.54) is 19.0 Å². The van der Waals surface area contributed by atoms with Gasteiger partial charge in [0.1, 0.15) is 0 Å². The Balaban J connectivity index is 3.37. The molecule has 0 fully saturated rings. The van der Waals surface area contributed by atoms with Crippen LogP contribution in [-0.2, 0) is 0 Å². The van der Waals surface area contributed by atoms with Gasteiger partial charge in [-0.2, -0.15) is 0 Å². The number of hydrogen-bond donors (Lipinski definition) is 0. The predicted octanol–water partition coefficient (Wildman–Crippen LogP) is 4.02. The van der Waals surface area contributed by atoms with E-state index in [1.807, 2.05) is 0 Å². The summed E-state index contributed by atoms with van der Waals surface area (Å²) in [6, 6.07) is 0. The van der Waals surface area contributed by atoms with Crippen molar-refractivity contribution in [1.82, 2.24) is 0 Å². The van der Waals surface area contributed by atoms with E-state index in [4.69, 9.17) is 0 Å². The molecule has 0 bridgehead atoms. The molecule has 0 spiro atoms. The fourth-order valence-corrected chi connectivity index (χ4v) is 2.01. The molecule has 0 aromatic rings. The molecule has 1 unspecified atom stereocenters. The van der Waals surface area contributed by atoms with Crippen LogP contribution in [-0.4, -0.2) is 6.16 Å². The van der Waals surface area contributed by atoms with Gasteiger partial charge in [0.2, 0.25) is 0 Å². The van der Waals surface area contributed by atoms with Gasteiger partial charge in [-0.15, -0.1) is 0 Å². The van der Waals surface area contributed by atoms with Crippen molar-refractivity contribution in [2.45, 2.75) is 40.5 Å². The molecular weight excluding hydrogens is 151 g/mol. The van der Waals surface area contributed by atoms with Crippen molar-refractivity contribution in [2.24, 2.45) is 5.41 Å². The number of hydrogen-bond acceptors (Lipinski definition) is 0. The minimum atomic E-state index is 0.564. The maximum absolute atomic E-state index is 2.35. The molecular formula is C10H21P. The van der Waals surface area contributed by atoms with E-state index in [-0.39, 0.29) is 0 Å². The third-order valence-electron chi connectivity index (χ3n) is 2.19. The minimum absolute atomic E-state index is 0.564. The molecule has 0 aliphatic heterocycles. The van der Waals surface area contributed by atoms with Crippen molar-refractivity contribution in [2.75, 3.05) is 6.16 Å². The van der Waals surface area contributed by atoms with E-state index in [1.54, 1.807) is 0 Å². The summed E-state index contributed by atoms with van der Waals surface area (Å²) in [5.41, 5.74) is 0.564. The summed E-state index contributed by atoms with van der Waals surface area (Å²) in [5, 5.41) is 0. The zero-order valence-electron chi connectivity index (χ0n) is 8.28. The third kappa shape index (κ3) is 6.56. The van der Waals surface area contributed by atoms with Gasteiger partial charge in [0.05, 0.1) is 0 Å². The van der Waals surface area contributed by atoms with Crippen LogP contribution in [0.2, 0.25) is 0 Å². The first-order valence-electron chi connectivity index (χ1n) is 4.47. The molecule has 66 valence electrons. The molecule has 0 saturated carbocycles. The van der Waals surface area contributed by atoms with Crippen LogP contribution in [0.4, 0.5) is 0 Å². The zero-order valence-corrected chi connectivity index (χ0v) is 9.28. The molecule has 0 radical (unpaired) electrons. The van der Waals surface area contributed by atoms with Gasteiger partial charge >= 0.3 is 0 Å². The number of allylic oxidation sites excluding steroid dienone is 1. The second-order valence-electron chi connectivity index (χ2n) is 3.72. The van der Waals surface area contributed by atoms with Crippen molar-refractivity contribution >= 4 is 8.58 Å². The maximum atomic E-state index is 2.35. The van der Waals surface area contributed by atoms with Crippen LogP contribution >= 0.6 is 8.58 Å². The second-order valence-corrected chi connectivity index (χ2v) is 4.96. The monoisotopic (exact) mass is 172 g/mol. The lowest BCUT2D eigenvalue weighted by atomic mass is 9.87. The van der Waals surface area contributed by atoms with E-state index in [9.17, 15) is 0 Å². The first-order chi connectivity index (χ1) is 5.12. The van der Waals surface area contributed by atoms with Crippen LogP contribution in [0.25, 0.3) is 0 Å². The quantitative estimate of drug-likeness (QED) is 0.434. The van der Waals surface area contributed by atoms with E-state index in [2.05, 4.69) is 39.6 Å². The lowest BCUT2D eigenvalue weighted by molar-refractivity contribution is 0.341. The molecule has 0 aliphatic rings. The van der Waals surface area contributed by atoms with Crippen LogP contribution in [0.15, 0.2) is 11.9 Å². The summed E-state index contributed by atoms with van der Waals surface area (Å²) < 4.78 is 0. The third-order valence-corrected chi connectivity index (χ3v) is 3.30. The molecule has 0 aromatic carbocycles. The molecule has 0 rings (SSSR count). The Labute approximate surface area is 73.2 Å². The highest BCUT2D eigenvalue weighted by molar-refractivity contribution is 7.41. The highest BCUT2D eigenvalue weighted by Crippen LogP contribution is 2.28. The lowest BCUT2D eigenvalue weighted by Gasteiger charge is -2.21. The van der Waals surface area contributed by atoms with E-state index >= 15 is 0 Å². The van der Waals surface area contributed by atoms with Crippen molar-refractivity contribution in [3.63, 3.8) is 0 Å². The fraction of sp³-hybridized carbons (Fsp3) is 0.800. The van der Waals surface area contributed by atoms with Gasteiger partial charge in [0.25, 0.3) is 0 Å². The van der Waals surface area contributed by atoms with Crippen molar-refractivity contribution in [1.29, 1.82) is 0 Å². The molecule has 0 aromatic heterocycles. The van der Waals surface area contributed by atoms with Gasteiger partial charge in [-0.3, -0.25) is 0 Å². The Bertz CT molecular complexity index is 114. The molecule has 1 heteroatoms. The highest BCUT2D eigenvalue weighted by Gasteiger charge is 2.13. The largest absolute Gasteiger partial charge is 0.0987 e. The zero-order chi connectivity index (χ0) is 8.74. The van der Waals surface area contributed by atoms with E-state index in [0.717, 1.165) is 8.58 Å². The summed E-state index contributed by atoms with van der Waals surface area (Å²) in [5.74, 6) is 2.28. The van der Waals surface area contributed by atoms with Gasteiger partial charge in [0, 0.05) is 0 Å². The lowest BCUT2D eigenvalue weighted by Crippen LogP contribution is -2.09. The fourth-order valence-electron chi connectivity index (χ4n) is 0.789. The summed E-state index contributed by atoms with van der Waals surface area (Å²) in [7, 11) is 1.03. The Morgan fingerprint density at radius 1 is 1.36 bits per heavy atom. The van der Waals surface area contributed by atoms with Crippen LogP contribution < -0.4 is 0 Å². The van der Waals surface area contributed by atoms with Gasteiger partial charge in [-0.1, -0.05) is 47.7 Å². The van der Waals surface area contributed by atoms with Crippen LogP contribution in [0.3, 0.4) is 0 Å². The SMILES string of the molecule is C/C=C\PCCC(C)(C)CC. The van der Waals surface area contributed by atoms with Crippen molar-refractivity contribution in [3.05, 3.63) is 11.9 Å². The van der Waals surface area contributed by atoms with Gasteiger partial charge in [-0.05, 0) is 24.9 Å². The first-order valence-corrected chi connectivity index (χ1v) is 5.75. The standard InChI is InChI=1S/C10H21P/c1-5-8-11-9-7-10(3,4)6-2/h5,8,11H,6-7,9H2,1-4H3/b8-5-. The maximum Gasteiger partial charge on any atom is -0.0314 e. The Kier molecular flexibility index (Phi) is 5.86. The van der Waals surface area contributed by atoms with Crippen LogP contribution in [0.1, 0.15) is 40.5 Å². The van der Waals surface area contributed by atoms with Crippen molar-refractivity contribution in [3.8, 4) is 0 Å².